The second-order valence-electron chi connectivity index (χ2n) is 26.0. The van der Waals surface area contributed by atoms with Gasteiger partial charge in [-0.3, -0.25) is 9.59 Å². The van der Waals surface area contributed by atoms with Gasteiger partial charge in [0.15, 0.2) is 6.10 Å². The third-order valence-electron chi connectivity index (χ3n) is 17.3. The molecule has 518 valence electrons. The molecule has 1 atom stereocenters. The van der Waals surface area contributed by atoms with E-state index in [1.807, 2.05) is 0 Å². The number of hydrogen-bond acceptors (Lipinski definition) is 5. The molecule has 0 aliphatic heterocycles. The lowest BCUT2D eigenvalue weighted by molar-refractivity contribution is -0.161. The summed E-state index contributed by atoms with van der Waals surface area (Å²) in [6.45, 7) is 3.96. The number of carbonyl (C=O) groups excluding carboxylic acids is 2. The lowest BCUT2D eigenvalue weighted by atomic mass is 10.0. The van der Waals surface area contributed by atoms with Crippen molar-refractivity contribution in [2.45, 2.75) is 392 Å². The van der Waals surface area contributed by atoms with E-state index in [1.54, 1.807) is 0 Å². The van der Waals surface area contributed by atoms with E-state index >= 15 is 0 Å². The molecular formula is C85H148O5. The van der Waals surface area contributed by atoms with Crippen LogP contribution < -0.4 is 0 Å². The van der Waals surface area contributed by atoms with Crippen molar-refractivity contribution in [3.8, 4) is 0 Å². The molecule has 0 aromatic carbocycles. The number of carbonyl (C=O) groups is 2. The van der Waals surface area contributed by atoms with Crippen LogP contribution in [0.15, 0.2) is 122 Å². The summed E-state index contributed by atoms with van der Waals surface area (Å²) in [7, 11) is 0. The summed E-state index contributed by atoms with van der Waals surface area (Å²) < 4.78 is 10.8. The van der Waals surface area contributed by atoms with Gasteiger partial charge in [0.2, 0.25) is 0 Å². The van der Waals surface area contributed by atoms with Gasteiger partial charge in [0, 0.05) is 12.8 Å². The number of esters is 2. The Kier molecular flexibility index (Phi) is 76.3. The molecule has 0 fully saturated rings. The van der Waals surface area contributed by atoms with Gasteiger partial charge in [0.05, 0.1) is 6.61 Å². The van der Waals surface area contributed by atoms with Gasteiger partial charge in [-0.1, -0.05) is 392 Å². The highest BCUT2D eigenvalue weighted by atomic mass is 16.6. The smallest absolute Gasteiger partial charge is 0.306 e. The summed E-state index contributed by atoms with van der Waals surface area (Å²) in [5.41, 5.74) is 0. The Morgan fingerprint density at radius 3 is 0.667 bits per heavy atom. The van der Waals surface area contributed by atoms with Crippen LogP contribution in [-0.2, 0) is 19.1 Å². The van der Waals surface area contributed by atoms with Crippen LogP contribution in [0, 0.1) is 0 Å². The number of hydrogen-bond donors (Lipinski definition) is 1. The van der Waals surface area contributed by atoms with E-state index in [-0.39, 0.29) is 25.2 Å². The molecule has 0 heterocycles. The van der Waals surface area contributed by atoms with Crippen LogP contribution in [0.2, 0.25) is 0 Å². The highest BCUT2D eigenvalue weighted by Crippen LogP contribution is 2.19. The summed E-state index contributed by atoms with van der Waals surface area (Å²) in [4.78, 5) is 24.7. The van der Waals surface area contributed by atoms with Crippen molar-refractivity contribution in [2.24, 2.45) is 0 Å². The summed E-state index contributed by atoms with van der Waals surface area (Å²) in [5.74, 6) is -0.572. The molecule has 1 N–H and O–H groups in total. The molecule has 0 aliphatic rings. The molecule has 0 spiro atoms. The molecule has 5 heteroatoms. The lowest BCUT2D eigenvalue weighted by Gasteiger charge is -2.15. The third kappa shape index (κ3) is 76.8. The van der Waals surface area contributed by atoms with Crippen LogP contribution in [0.25, 0.3) is 0 Å². The zero-order valence-corrected chi connectivity index (χ0v) is 59.6. The van der Waals surface area contributed by atoms with Crippen molar-refractivity contribution in [2.75, 3.05) is 13.2 Å². The Morgan fingerprint density at radius 1 is 0.256 bits per heavy atom. The van der Waals surface area contributed by atoms with E-state index in [0.717, 1.165) is 103 Å². The molecule has 0 radical (unpaired) electrons. The topological polar surface area (TPSA) is 72.8 Å². The average molecular weight is 1250 g/mol. The SMILES string of the molecule is CC/C=C\C/C=C\C/C=C\C/C=C\C/C=C\C/C=C\CCCCCCCCCCCCCCCCCCCCCCCCC(=O)OC(CO)COC(=O)CCCCCCCCCCCCCCCCCCCCCCCC/C=C\C/C=C\C/C=C\C/C=C\CC. The summed E-state index contributed by atoms with van der Waals surface area (Å²) in [5, 5.41) is 9.73. The van der Waals surface area contributed by atoms with Gasteiger partial charge in [0.25, 0.3) is 0 Å². The second-order valence-corrected chi connectivity index (χ2v) is 26.0. The molecule has 0 bridgehead atoms. The average Bonchev–Trinajstić information content (AvgIpc) is 3.60. The number of aliphatic hydroxyl groups is 1. The molecule has 0 aromatic rings. The highest BCUT2D eigenvalue weighted by molar-refractivity contribution is 5.70. The van der Waals surface area contributed by atoms with E-state index in [2.05, 4.69) is 135 Å². The van der Waals surface area contributed by atoms with E-state index in [1.165, 1.54) is 257 Å². The quantitative estimate of drug-likeness (QED) is 0.0373. The molecule has 0 aliphatic carbocycles. The van der Waals surface area contributed by atoms with Gasteiger partial charge in [-0.25, -0.2) is 0 Å². The first-order chi connectivity index (χ1) is 44.6. The zero-order chi connectivity index (χ0) is 64.7. The van der Waals surface area contributed by atoms with E-state index < -0.39 is 6.10 Å². The summed E-state index contributed by atoms with van der Waals surface area (Å²) in [6.07, 6.45) is 117. The monoisotopic (exact) mass is 1250 g/mol. The van der Waals surface area contributed by atoms with Gasteiger partial charge in [-0.2, -0.15) is 0 Å². The van der Waals surface area contributed by atoms with Crippen molar-refractivity contribution >= 4 is 11.9 Å². The Bertz CT molecular complexity index is 1750. The number of unbranched alkanes of at least 4 members (excludes halogenated alkanes) is 44. The van der Waals surface area contributed by atoms with Crippen molar-refractivity contribution < 1.29 is 24.2 Å². The highest BCUT2D eigenvalue weighted by Gasteiger charge is 2.16. The second kappa shape index (κ2) is 79.5. The van der Waals surface area contributed by atoms with Crippen LogP contribution in [0.5, 0.6) is 0 Å². The van der Waals surface area contributed by atoms with Gasteiger partial charge in [-0.15, -0.1) is 0 Å². The van der Waals surface area contributed by atoms with Crippen LogP contribution >= 0.6 is 0 Å². The summed E-state index contributed by atoms with van der Waals surface area (Å²) >= 11 is 0. The lowest BCUT2D eigenvalue weighted by Crippen LogP contribution is -2.28. The molecule has 0 rings (SSSR count). The number of rotatable bonds is 72. The van der Waals surface area contributed by atoms with Crippen molar-refractivity contribution in [1.82, 2.24) is 0 Å². The maximum absolute atomic E-state index is 12.4. The number of aliphatic hydroxyl groups excluding tert-OH is 1. The normalized spacial score (nSPS) is 12.9. The fourth-order valence-electron chi connectivity index (χ4n) is 11.5. The maximum atomic E-state index is 12.4. The first-order valence-corrected chi connectivity index (χ1v) is 39.1. The molecule has 0 amide bonds. The van der Waals surface area contributed by atoms with Gasteiger partial charge >= 0.3 is 11.9 Å². The Hall–Kier alpha value is -3.70. The standard InChI is InChI=1S/C85H148O5/c1-3-5-7-9-11-13-15-17-19-21-23-25-27-29-31-33-35-37-39-40-41-42-43-44-46-48-50-52-54-56-58-60-62-64-66-68-70-72-74-76-78-80-85(88)90-83(81-86)82-89-84(87)79-77-75-73-71-69-67-65-63-61-59-57-55-53-51-49-47-45-38-36-34-32-30-28-26-24-22-20-18-16-14-12-10-8-6-4-2/h5-8,11-14,17-20,23-26,29,31,35,37,83,86H,3-4,9-10,15-16,21-22,27-28,30,32-34,36,38-82H2,1-2H3/b7-5-,8-6-,13-11-,14-12-,19-17-,20-18-,25-23-,26-24-,31-29-,37-35-. The maximum Gasteiger partial charge on any atom is 0.306 e. The van der Waals surface area contributed by atoms with Crippen LogP contribution in [0.3, 0.4) is 0 Å². The Labute approximate surface area is 560 Å². The van der Waals surface area contributed by atoms with Crippen LogP contribution in [0.1, 0.15) is 386 Å². The minimum Gasteiger partial charge on any atom is -0.462 e. The van der Waals surface area contributed by atoms with Crippen LogP contribution in [-0.4, -0.2) is 36.4 Å². The Morgan fingerprint density at radius 2 is 0.444 bits per heavy atom. The van der Waals surface area contributed by atoms with Gasteiger partial charge < -0.3 is 14.6 Å². The molecule has 1 unspecified atom stereocenters. The van der Waals surface area contributed by atoms with Crippen molar-refractivity contribution in [3.05, 3.63) is 122 Å². The van der Waals surface area contributed by atoms with E-state index in [0.29, 0.717) is 12.8 Å². The molecule has 90 heavy (non-hydrogen) atoms. The summed E-state index contributed by atoms with van der Waals surface area (Å²) in [6, 6.07) is 0. The molecule has 0 aromatic heterocycles. The first-order valence-electron chi connectivity index (χ1n) is 39.1. The van der Waals surface area contributed by atoms with Gasteiger partial charge in [0.1, 0.15) is 6.61 Å². The molecule has 0 saturated heterocycles. The van der Waals surface area contributed by atoms with Gasteiger partial charge in [-0.05, 0) is 103 Å². The van der Waals surface area contributed by atoms with Crippen molar-refractivity contribution in [1.29, 1.82) is 0 Å². The van der Waals surface area contributed by atoms with E-state index in [4.69, 9.17) is 9.47 Å². The van der Waals surface area contributed by atoms with E-state index in [9.17, 15) is 14.7 Å². The minimum absolute atomic E-state index is 0.0635. The number of ether oxygens (including phenoxy) is 2. The number of allylic oxidation sites excluding steroid dienone is 20. The third-order valence-corrected chi connectivity index (χ3v) is 17.3. The molecule has 0 saturated carbocycles. The predicted molar refractivity (Wildman–Crippen MR) is 398 cm³/mol. The molecular weight excluding hydrogens is 1100 g/mol. The predicted octanol–water partition coefficient (Wildman–Crippen LogP) is 27.7. The molecule has 5 nitrogen and oxygen atoms in total. The van der Waals surface area contributed by atoms with Crippen molar-refractivity contribution in [3.63, 3.8) is 0 Å². The first kappa shape index (κ1) is 86.3. The fourth-order valence-corrected chi connectivity index (χ4v) is 11.5. The van der Waals surface area contributed by atoms with Crippen LogP contribution in [0.4, 0.5) is 0 Å². The fraction of sp³-hybridized carbons (Fsp3) is 0.741. The largest absolute Gasteiger partial charge is 0.462 e. The zero-order valence-electron chi connectivity index (χ0n) is 59.6. The minimum atomic E-state index is -0.775. The Balaban J connectivity index is 3.41.